The number of halogens is 2. The van der Waals surface area contributed by atoms with Crippen molar-refractivity contribution in [3.8, 4) is 0 Å². The van der Waals surface area contributed by atoms with Crippen molar-refractivity contribution in [2.75, 3.05) is 11.9 Å². The summed E-state index contributed by atoms with van der Waals surface area (Å²) in [4.78, 5) is 23.8. The van der Waals surface area contributed by atoms with Crippen LogP contribution in [0.15, 0.2) is 29.6 Å². The molecule has 2 aromatic rings. The van der Waals surface area contributed by atoms with Gasteiger partial charge in [0.1, 0.15) is 10.7 Å². The van der Waals surface area contributed by atoms with E-state index >= 15 is 0 Å². The second-order valence-electron chi connectivity index (χ2n) is 4.18. The number of rotatable bonds is 4. The smallest absolute Gasteiger partial charge is 0.349 e. The predicted octanol–water partition coefficient (Wildman–Crippen LogP) is 3.64. The average molecular weight is 328 g/mol. The highest BCUT2D eigenvalue weighted by molar-refractivity contribution is 7.12. The summed E-state index contributed by atoms with van der Waals surface area (Å²) in [7, 11) is 0. The zero-order valence-electron chi connectivity index (χ0n) is 11.0. The van der Waals surface area contributed by atoms with E-state index in [0.717, 1.165) is 11.6 Å². The van der Waals surface area contributed by atoms with Crippen LogP contribution in [0.3, 0.4) is 0 Å². The molecule has 0 bridgehead atoms. The molecule has 0 radical (unpaired) electrons. The number of hydrogen-bond acceptors (Lipinski definition) is 4. The van der Waals surface area contributed by atoms with Gasteiger partial charge in [-0.15, -0.1) is 11.3 Å². The molecule has 0 saturated carbocycles. The Kier molecular flexibility index (Phi) is 4.93. The summed E-state index contributed by atoms with van der Waals surface area (Å²) in [6.07, 6.45) is 0. The van der Waals surface area contributed by atoms with Gasteiger partial charge in [0.15, 0.2) is 6.61 Å². The zero-order valence-corrected chi connectivity index (χ0v) is 12.6. The minimum Gasteiger partial charge on any atom is -0.451 e. The third-order valence-electron chi connectivity index (χ3n) is 2.58. The average Bonchev–Trinajstić information content (AvgIpc) is 2.86. The van der Waals surface area contributed by atoms with Gasteiger partial charge in [-0.3, -0.25) is 4.79 Å². The first-order valence-corrected chi connectivity index (χ1v) is 7.19. The Morgan fingerprint density at radius 1 is 1.38 bits per heavy atom. The van der Waals surface area contributed by atoms with Crippen LogP contribution in [0.4, 0.5) is 10.1 Å². The minimum absolute atomic E-state index is 0.0594. The van der Waals surface area contributed by atoms with E-state index in [-0.39, 0.29) is 10.7 Å². The van der Waals surface area contributed by atoms with Crippen LogP contribution >= 0.6 is 22.9 Å². The van der Waals surface area contributed by atoms with Crippen molar-refractivity contribution in [3.05, 3.63) is 50.9 Å². The summed E-state index contributed by atoms with van der Waals surface area (Å²) >= 11 is 6.94. The monoisotopic (exact) mass is 327 g/mol. The lowest BCUT2D eigenvalue weighted by molar-refractivity contribution is -0.119. The number of amides is 1. The largest absolute Gasteiger partial charge is 0.451 e. The van der Waals surface area contributed by atoms with Crippen molar-refractivity contribution < 1.29 is 18.7 Å². The van der Waals surface area contributed by atoms with Crippen molar-refractivity contribution in [1.82, 2.24) is 0 Å². The Morgan fingerprint density at radius 2 is 2.14 bits per heavy atom. The zero-order chi connectivity index (χ0) is 15.4. The first-order chi connectivity index (χ1) is 9.97. The fourth-order valence-electron chi connectivity index (χ4n) is 1.56. The summed E-state index contributed by atoms with van der Waals surface area (Å²) in [5, 5.41) is 4.34. The van der Waals surface area contributed by atoms with Crippen molar-refractivity contribution in [2.24, 2.45) is 0 Å². The minimum atomic E-state index is -0.640. The predicted molar refractivity (Wildman–Crippen MR) is 79.4 cm³/mol. The molecular formula is C14H11ClFNO3S. The first-order valence-electron chi connectivity index (χ1n) is 5.93. The maximum Gasteiger partial charge on any atom is 0.349 e. The number of benzene rings is 1. The Morgan fingerprint density at radius 3 is 2.81 bits per heavy atom. The molecule has 0 saturated heterocycles. The highest BCUT2D eigenvalue weighted by Crippen LogP contribution is 2.20. The molecule has 1 aromatic heterocycles. The number of anilines is 1. The van der Waals surface area contributed by atoms with Crippen LogP contribution in [0, 0.1) is 12.7 Å². The molecule has 2 rings (SSSR count). The molecule has 0 fully saturated rings. The lowest BCUT2D eigenvalue weighted by Crippen LogP contribution is -2.21. The molecule has 1 aromatic carbocycles. The molecular weight excluding hydrogens is 317 g/mol. The van der Waals surface area contributed by atoms with Gasteiger partial charge in [-0.2, -0.15) is 0 Å². The van der Waals surface area contributed by atoms with E-state index in [1.165, 1.54) is 23.5 Å². The Labute approximate surface area is 129 Å². The molecule has 4 nitrogen and oxygen atoms in total. The van der Waals surface area contributed by atoms with Gasteiger partial charge in [0, 0.05) is 5.02 Å². The van der Waals surface area contributed by atoms with Gasteiger partial charge >= 0.3 is 5.97 Å². The van der Waals surface area contributed by atoms with E-state index in [4.69, 9.17) is 16.3 Å². The first kappa shape index (κ1) is 15.5. The Balaban J connectivity index is 1.92. The van der Waals surface area contributed by atoms with Crippen LogP contribution in [0.1, 0.15) is 15.2 Å². The van der Waals surface area contributed by atoms with Gasteiger partial charge in [0.2, 0.25) is 0 Å². The summed E-state index contributed by atoms with van der Waals surface area (Å²) in [6, 6.07) is 5.56. The Hall–Kier alpha value is -1.92. The number of esters is 1. The number of thiophene rings is 1. The van der Waals surface area contributed by atoms with E-state index in [2.05, 4.69) is 5.32 Å². The number of hydrogen-bond donors (Lipinski definition) is 1. The summed E-state index contributed by atoms with van der Waals surface area (Å²) < 4.78 is 18.3. The van der Waals surface area contributed by atoms with Gasteiger partial charge in [0.25, 0.3) is 5.91 Å². The SMILES string of the molecule is Cc1ccsc1C(=O)OCC(=O)Nc1cc(Cl)ccc1F. The van der Waals surface area contributed by atoms with Gasteiger partial charge < -0.3 is 10.1 Å². The number of carbonyl (C=O) groups is 2. The number of carbonyl (C=O) groups excluding carboxylic acids is 2. The molecule has 21 heavy (non-hydrogen) atoms. The highest BCUT2D eigenvalue weighted by atomic mass is 35.5. The van der Waals surface area contributed by atoms with Gasteiger partial charge in [-0.25, -0.2) is 9.18 Å². The second kappa shape index (κ2) is 6.69. The van der Waals surface area contributed by atoms with E-state index in [0.29, 0.717) is 4.88 Å². The number of nitrogens with one attached hydrogen (secondary N) is 1. The molecule has 0 atom stereocenters. The fourth-order valence-corrected chi connectivity index (χ4v) is 2.55. The van der Waals surface area contributed by atoms with Crippen LogP contribution < -0.4 is 5.32 Å². The summed E-state index contributed by atoms with van der Waals surface area (Å²) in [5.74, 6) is -1.84. The molecule has 0 aliphatic heterocycles. The molecule has 1 amide bonds. The van der Waals surface area contributed by atoms with E-state index in [1.807, 2.05) is 0 Å². The third-order valence-corrected chi connectivity index (χ3v) is 3.82. The van der Waals surface area contributed by atoms with Crippen molar-refractivity contribution in [3.63, 3.8) is 0 Å². The maximum absolute atomic E-state index is 13.4. The third kappa shape index (κ3) is 4.03. The van der Waals surface area contributed by atoms with Crippen molar-refractivity contribution >= 4 is 40.5 Å². The normalized spacial score (nSPS) is 10.2. The van der Waals surface area contributed by atoms with Crippen LogP contribution in [-0.4, -0.2) is 18.5 Å². The molecule has 1 N–H and O–H groups in total. The standard InChI is InChI=1S/C14H11ClFNO3S/c1-8-4-5-21-13(8)14(19)20-7-12(18)17-11-6-9(15)2-3-10(11)16/h2-6H,7H2,1H3,(H,17,18). The molecule has 110 valence electrons. The fraction of sp³-hybridized carbons (Fsp3) is 0.143. The van der Waals surface area contributed by atoms with Gasteiger partial charge in [-0.05, 0) is 42.1 Å². The topological polar surface area (TPSA) is 55.4 Å². The Bertz CT molecular complexity index is 687. The number of aryl methyl sites for hydroxylation is 1. The van der Waals surface area contributed by atoms with Crippen LogP contribution in [0.5, 0.6) is 0 Å². The van der Waals surface area contributed by atoms with E-state index in [1.54, 1.807) is 18.4 Å². The van der Waals surface area contributed by atoms with E-state index < -0.39 is 24.3 Å². The molecule has 1 heterocycles. The van der Waals surface area contributed by atoms with Crippen molar-refractivity contribution in [2.45, 2.75) is 6.92 Å². The second-order valence-corrected chi connectivity index (χ2v) is 5.53. The highest BCUT2D eigenvalue weighted by Gasteiger charge is 2.14. The molecule has 0 unspecified atom stereocenters. The molecule has 0 spiro atoms. The lowest BCUT2D eigenvalue weighted by Gasteiger charge is -2.07. The van der Waals surface area contributed by atoms with Crippen LogP contribution in [0.25, 0.3) is 0 Å². The lowest BCUT2D eigenvalue weighted by atomic mass is 10.3. The molecule has 0 aliphatic rings. The summed E-state index contributed by atoms with van der Waals surface area (Å²) in [5.41, 5.74) is 0.724. The molecule has 0 aliphatic carbocycles. The van der Waals surface area contributed by atoms with Gasteiger partial charge in [-0.1, -0.05) is 11.6 Å². The summed E-state index contributed by atoms with van der Waals surface area (Å²) in [6.45, 7) is 1.27. The van der Waals surface area contributed by atoms with Crippen LogP contribution in [0.2, 0.25) is 5.02 Å². The van der Waals surface area contributed by atoms with Crippen LogP contribution in [-0.2, 0) is 9.53 Å². The molecule has 7 heteroatoms. The quantitative estimate of drug-likeness (QED) is 0.872. The maximum atomic E-state index is 13.4. The van der Waals surface area contributed by atoms with E-state index in [9.17, 15) is 14.0 Å². The van der Waals surface area contributed by atoms with Gasteiger partial charge in [0.05, 0.1) is 5.69 Å². The number of ether oxygens (including phenoxy) is 1. The van der Waals surface area contributed by atoms with Crippen molar-refractivity contribution in [1.29, 1.82) is 0 Å².